The van der Waals surface area contributed by atoms with E-state index in [1.807, 2.05) is 13.8 Å². The fourth-order valence-corrected chi connectivity index (χ4v) is 1.87. The first-order chi connectivity index (χ1) is 9.24. The molecule has 1 atom stereocenters. The van der Waals surface area contributed by atoms with Gasteiger partial charge in [-0.05, 0) is 36.6 Å². The van der Waals surface area contributed by atoms with Crippen LogP contribution in [0.25, 0.3) is 0 Å². The average Bonchev–Trinajstić information content (AvgIpc) is 2.35. The maximum Gasteiger partial charge on any atom is 0.416 e. The minimum absolute atomic E-state index is 0.213. The molecule has 1 rings (SSSR count). The zero-order valence-electron chi connectivity index (χ0n) is 11.5. The normalized spacial score (nSPS) is 13.3. The third-order valence-electron chi connectivity index (χ3n) is 2.89. The maximum absolute atomic E-state index is 12.4. The summed E-state index contributed by atoms with van der Waals surface area (Å²) in [6.07, 6.45) is -3.73. The summed E-state index contributed by atoms with van der Waals surface area (Å²) >= 11 is 0. The van der Waals surface area contributed by atoms with Gasteiger partial charge in [-0.15, -0.1) is 0 Å². The highest BCUT2D eigenvalue weighted by Crippen LogP contribution is 2.29. The number of anilines is 1. The summed E-state index contributed by atoms with van der Waals surface area (Å²) < 4.78 is 37.2. The lowest BCUT2D eigenvalue weighted by Gasteiger charge is -2.17. The number of nitrogens with two attached hydrogens (primary N) is 1. The van der Waals surface area contributed by atoms with Crippen molar-refractivity contribution in [3.05, 3.63) is 29.8 Å². The minimum atomic E-state index is -4.38. The van der Waals surface area contributed by atoms with E-state index in [-0.39, 0.29) is 18.4 Å². The Balaban J connectivity index is 2.70. The summed E-state index contributed by atoms with van der Waals surface area (Å²) in [5.41, 5.74) is 5.14. The zero-order valence-corrected chi connectivity index (χ0v) is 11.5. The number of hydrogen-bond donors (Lipinski definition) is 2. The summed E-state index contributed by atoms with van der Waals surface area (Å²) in [7, 11) is 0. The largest absolute Gasteiger partial charge is 0.416 e. The van der Waals surface area contributed by atoms with Crippen LogP contribution in [0.15, 0.2) is 24.3 Å². The van der Waals surface area contributed by atoms with Gasteiger partial charge in [0.2, 0.25) is 5.91 Å². The number of halogens is 3. The van der Waals surface area contributed by atoms with Crippen molar-refractivity contribution >= 4 is 11.6 Å². The summed E-state index contributed by atoms with van der Waals surface area (Å²) in [5.74, 6) is -0.278. The Labute approximate surface area is 116 Å². The Morgan fingerprint density at radius 1 is 1.25 bits per heavy atom. The first kappa shape index (κ1) is 16.5. The van der Waals surface area contributed by atoms with E-state index in [4.69, 9.17) is 5.73 Å². The molecule has 1 aromatic rings. The molecule has 0 aliphatic rings. The predicted molar refractivity (Wildman–Crippen MR) is 72.1 cm³/mol. The smallest absolute Gasteiger partial charge is 0.330 e. The van der Waals surface area contributed by atoms with E-state index in [0.717, 1.165) is 12.1 Å². The molecular formula is C14H19F3N2O. The van der Waals surface area contributed by atoms with Crippen molar-refractivity contribution in [1.29, 1.82) is 0 Å². The van der Waals surface area contributed by atoms with Crippen LogP contribution in [0, 0.1) is 11.8 Å². The van der Waals surface area contributed by atoms with Crippen LogP contribution < -0.4 is 11.1 Å². The van der Waals surface area contributed by atoms with Gasteiger partial charge < -0.3 is 11.1 Å². The van der Waals surface area contributed by atoms with Crippen LogP contribution >= 0.6 is 0 Å². The molecule has 1 unspecified atom stereocenters. The second-order valence-corrected chi connectivity index (χ2v) is 5.13. The van der Waals surface area contributed by atoms with E-state index in [2.05, 4.69) is 5.32 Å². The summed E-state index contributed by atoms with van der Waals surface area (Å²) in [5, 5.41) is 2.59. The molecule has 0 heterocycles. The number of carbonyl (C=O) groups excluding carboxylic acids is 1. The molecule has 1 amide bonds. The number of rotatable bonds is 5. The van der Waals surface area contributed by atoms with Crippen LogP contribution in [0.5, 0.6) is 0 Å². The van der Waals surface area contributed by atoms with Crippen molar-refractivity contribution in [3.8, 4) is 0 Å². The molecule has 112 valence electrons. The predicted octanol–water partition coefficient (Wildman–Crippen LogP) is 3.26. The van der Waals surface area contributed by atoms with Crippen molar-refractivity contribution in [3.63, 3.8) is 0 Å². The number of benzene rings is 1. The molecule has 3 nitrogen and oxygen atoms in total. The highest BCUT2D eigenvalue weighted by atomic mass is 19.4. The Kier molecular flexibility index (Phi) is 5.56. The zero-order chi connectivity index (χ0) is 15.3. The number of nitrogens with one attached hydrogen (secondary N) is 1. The molecule has 0 saturated carbocycles. The van der Waals surface area contributed by atoms with Crippen molar-refractivity contribution in [2.24, 2.45) is 17.6 Å². The highest BCUT2D eigenvalue weighted by Gasteiger charge is 2.30. The summed E-state index contributed by atoms with van der Waals surface area (Å²) in [6.45, 7) is 4.17. The molecule has 1 aromatic carbocycles. The van der Waals surface area contributed by atoms with Crippen LogP contribution in [-0.2, 0) is 11.0 Å². The summed E-state index contributed by atoms with van der Waals surface area (Å²) in [6, 6.07) is 4.36. The lowest BCUT2D eigenvalue weighted by Crippen LogP contribution is -2.30. The second-order valence-electron chi connectivity index (χ2n) is 5.13. The Morgan fingerprint density at radius 2 is 1.80 bits per heavy atom. The maximum atomic E-state index is 12.4. The van der Waals surface area contributed by atoms with Crippen molar-refractivity contribution < 1.29 is 18.0 Å². The highest BCUT2D eigenvalue weighted by molar-refractivity contribution is 5.92. The van der Waals surface area contributed by atoms with Gasteiger partial charge in [-0.25, -0.2) is 0 Å². The van der Waals surface area contributed by atoms with Gasteiger partial charge in [0, 0.05) is 12.2 Å². The van der Waals surface area contributed by atoms with Gasteiger partial charge in [0.25, 0.3) is 0 Å². The van der Waals surface area contributed by atoms with E-state index in [0.29, 0.717) is 18.0 Å². The SMILES string of the molecule is CC(C)CC(CN)C(=O)Nc1ccc(C(F)(F)F)cc1. The van der Waals surface area contributed by atoms with E-state index in [1.165, 1.54) is 12.1 Å². The van der Waals surface area contributed by atoms with Gasteiger partial charge in [0.15, 0.2) is 0 Å². The van der Waals surface area contributed by atoms with Crippen molar-refractivity contribution in [2.75, 3.05) is 11.9 Å². The molecule has 0 saturated heterocycles. The van der Waals surface area contributed by atoms with Gasteiger partial charge in [-0.1, -0.05) is 13.8 Å². The first-order valence-electron chi connectivity index (χ1n) is 6.42. The third kappa shape index (κ3) is 4.85. The van der Waals surface area contributed by atoms with Crippen LogP contribution in [0.4, 0.5) is 18.9 Å². The van der Waals surface area contributed by atoms with Crippen LogP contribution in [-0.4, -0.2) is 12.5 Å². The molecule has 20 heavy (non-hydrogen) atoms. The van der Waals surface area contributed by atoms with Crippen LogP contribution in [0.3, 0.4) is 0 Å². The van der Waals surface area contributed by atoms with Crippen LogP contribution in [0.2, 0.25) is 0 Å². The molecule has 0 bridgehead atoms. The van der Waals surface area contributed by atoms with Crippen LogP contribution in [0.1, 0.15) is 25.8 Å². The Bertz CT molecular complexity index is 441. The molecule has 0 aromatic heterocycles. The molecule has 0 spiro atoms. The summed E-state index contributed by atoms with van der Waals surface area (Å²) in [4.78, 5) is 11.9. The Morgan fingerprint density at radius 3 is 2.20 bits per heavy atom. The van der Waals surface area contributed by atoms with E-state index in [1.54, 1.807) is 0 Å². The number of hydrogen-bond acceptors (Lipinski definition) is 2. The van der Waals surface area contributed by atoms with Crippen molar-refractivity contribution in [2.45, 2.75) is 26.4 Å². The van der Waals surface area contributed by atoms with Gasteiger partial charge in [-0.2, -0.15) is 13.2 Å². The molecule has 0 aliphatic heterocycles. The van der Waals surface area contributed by atoms with Gasteiger partial charge in [0.05, 0.1) is 11.5 Å². The number of amides is 1. The van der Waals surface area contributed by atoms with E-state index >= 15 is 0 Å². The molecule has 0 aliphatic carbocycles. The number of carbonyl (C=O) groups is 1. The fraction of sp³-hybridized carbons (Fsp3) is 0.500. The molecule has 3 N–H and O–H groups in total. The molecule has 0 radical (unpaired) electrons. The minimum Gasteiger partial charge on any atom is -0.330 e. The topological polar surface area (TPSA) is 55.1 Å². The number of alkyl halides is 3. The quantitative estimate of drug-likeness (QED) is 0.873. The van der Waals surface area contributed by atoms with E-state index in [9.17, 15) is 18.0 Å². The molecule has 0 fully saturated rings. The molecular weight excluding hydrogens is 269 g/mol. The standard InChI is InChI=1S/C14H19F3N2O/c1-9(2)7-10(8-18)13(20)19-12-5-3-11(4-6-12)14(15,16)17/h3-6,9-10H,7-8,18H2,1-2H3,(H,19,20). The van der Waals surface area contributed by atoms with Crippen molar-refractivity contribution in [1.82, 2.24) is 0 Å². The Hall–Kier alpha value is -1.56. The average molecular weight is 288 g/mol. The lowest BCUT2D eigenvalue weighted by molar-refractivity contribution is -0.137. The molecule has 6 heteroatoms. The first-order valence-corrected chi connectivity index (χ1v) is 6.42. The lowest BCUT2D eigenvalue weighted by atomic mass is 9.96. The monoisotopic (exact) mass is 288 g/mol. The van der Waals surface area contributed by atoms with Gasteiger partial charge in [0.1, 0.15) is 0 Å². The van der Waals surface area contributed by atoms with Gasteiger partial charge in [-0.3, -0.25) is 4.79 Å². The van der Waals surface area contributed by atoms with E-state index < -0.39 is 11.7 Å². The van der Waals surface area contributed by atoms with Gasteiger partial charge >= 0.3 is 6.18 Å². The second kappa shape index (κ2) is 6.74. The fourth-order valence-electron chi connectivity index (χ4n) is 1.87. The third-order valence-corrected chi connectivity index (χ3v) is 2.89.